The van der Waals surface area contributed by atoms with Gasteiger partial charge in [0.2, 0.25) is 0 Å². The predicted molar refractivity (Wildman–Crippen MR) is 63.8 cm³/mol. The van der Waals surface area contributed by atoms with Gasteiger partial charge in [-0.15, -0.1) is 0 Å². The van der Waals surface area contributed by atoms with Gasteiger partial charge < -0.3 is 4.74 Å². The molecule has 0 bridgehead atoms. The number of unbranched alkanes of at least 4 members (excludes halogenated alkanes) is 4. The molecule has 0 aromatic carbocycles. The Bertz CT molecular complexity index is 173. The molecule has 0 aromatic rings. The van der Waals surface area contributed by atoms with Crippen molar-refractivity contribution >= 4 is 5.97 Å². The van der Waals surface area contributed by atoms with Crippen LogP contribution in [-0.2, 0) is 9.53 Å². The molecular formula is C13H24O2. The summed E-state index contributed by atoms with van der Waals surface area (Å²) in [5.41, 5.74) is 0. The summed E-state index contributed by atoms with van der Waals surface area (Å²) in [4.78, 5) is 11.0. The van der Waals surface area contributed by atoms with Crippen LogP contribution in [0.2, 0.25) is 0 Å². The molecule has 0 aromatic heterocycles. The molecule has 2 nitrogen and oxygen atoms in total. The maximum atomic E-state index is 11.0. The van der Waals surface area contributed by atoms with Crippen LogP contribution in [0.3, 0.4) is 0 Å². The Morgan fingerprint density at radius 1 is 1.07 bits per heavy atom. The Morgan fingerprint density at radius 3 is 2.47 bits per heavy atom. The second-order valence-corrected chi connectivity index (χ2v) is 3.66. The third-order valence-corrected chi connectivity index (χ3v) is 2.18. The van der Waals surface area contributed by atoms with Gasteiger partial charge in [-0.3, -0.25) is 4.79 Å². The molecule has 0 aliphatic carbocycles. The lowest BCUT2D eigenvalue weighted by Crippen LogP contribution is -2.02. The van der Waals surface area contributed by atoms with Crippen LogP contribution in [0.15, 0.2) is 12.2 Å². The van der Waals surface area contributed by atoms with Crippen molar-refractivity contribution in [2.45, 2.75) is 58.8 Å². The maximum Gasteiger partial charge on any atom is 0.305 e. The molecule has 2 heteroatoms. The standard InChI is InChI=1S/C13H24O2/c1-3-5-6-7-8-9-10-11-12-13(14)15-4-2/h6-7H,3-5,8-12H2,1-2H3/b7-6-. The van der Waals surface area contributed by atoms with Crippen LogP contribution >= 0.6 is 0 Å². The van der Waals surface area contributed by atoms with Crippen LogP contribution in [0.5, 0.6) is 0 Å². The van der Waals surface area contributed by atoms with E-state index in [2.05, 4.69) is 19.1 Å². The Morgan fingerprint density at radius 2 is 1.80 bits per heavy atom. The molecule has 88 valence electrons. The molecule has 0 spiro atoms. The molecule has 0 fully saturated rings. The van der Waals surface area contributed by atoms with Gasteiger partial charge in [-0.1, -0.05) is 31.9 Å². The summed E-state index contributed by atoms with van der Waals surface area (Å²) in [5, 5.41) is 0. The number of carbonyl (C=O) groups is 1. The first-order chi connectivity index (χ1) is 7.31. The number of ether oxygens (including phenoxy) is 1. The lowest BCUT2D eigenvalue weighted by molar-refractivity contribution is -0.143. The number of allylic oxidation sites excluding steroid dienone is 2. The van der Waals surface area contributed by atoms with E-state index in [1.165, 1.54) is 19.3 Å². The smallest absolute Gasteiger partial charge is 0.305 e. The zero-order valence-corrected chi connectivity index (χ0v) is 10.1. The van der Waals surface area contributed by atoms with Gasteiger partial charge in [-0.2, -0.15) is 0 Å². The van der Waals surface area contributed by atoms with E-state index in [1.807, 2.05) is 6.92 Å². The van der Waals surface area contributed by atoms with E-state index in [-0.39, 0.29) is 5.97 Å². The highest BCUT2D eigenvalue weighted by molar-refractivity contribution is 5.69. The van der Waals surface area contributed by atoms with Gasteiger partial charge in [-0.05, 0) is 32.6 Å². The van der Waals surface area contributed by atoms with E-state index in [4.69, 9.17) is 4.74 Å². The summed E-state index contributed by atoms with van der Waals surface area (Å²) in [6.45, 7) is 4.53. The normalized spacial score (nSPS) is 10.8. The van der Waals surface area contributed by atoms with Crippen molar-refractivity contribution in [3.63, 3.8) is 0 Å². The van der Waals surface area contributed by atoms with Gasteiger partial charge in [0.25, 0.3) is 0 Å². The van der Waals surface area contributed by atoms with Gasteiger partial charge in [0.15, 0.2) is 0 Å². The van der Waals surface area contributed by atoms with Gasteiger partial charge >= 0.3 is 5.97 Å². The summed E-state index contributed by atoms with van der Waals surface area (Å²) >= 11 is 0. The van der Waals surface area contributed by atoms with Crippen LogP contribution in [0.1, 0.15) is 58.8 Å². The third-order valence-electron chi connectivity index (χ3n) is 2.18. The highest BCUT2D eigenvalue weighted by Crippen LogP contribution is 2.05. The average molecular weight is 212 g/mol. The molecule has 0 amide bonds. The monoisotopic (exact) mass is 212 g/mol. The summed E-state index contributed by atoms with van der Waals surface area (Å²) < 4.78 is 4.85. The van der Waals surface area contributed by atoms with Crippen molar-refractivity contribution in [1.82, 2.24) is 0 Å². The fourth-order valence-corrected chi connectivity index (χ4v) is 1.34. The summed E-state index contributed by atoms with van der Waals surface area (Å²) in [6, 6.07) is 0. The highest BCUT2D eigenvalue weighted by Gasteiger charge is 1.99. The van der Waals surface area contributed by atoms with Crippen molar-refractivity contribution in [2.75, 3.05) is 6.61 Å². The SMILES string of the molecule is CCC/C=C\CCCCCC(=O)OCC. The molecule has 0 N–H and O–H groups in total. The molecule has 0 heterocycles. The van der Waals surface area contributed by atoms with Crippen molar-refractivity contribution in [3.8, 4) is 0 Å². The molecule has 0 aliphatic heterocycles. The van der Waals surface area contributed by atoms with Crippen molar-refractivity contribution in [1.29, 1.82) is 0 Å². The maximum absolute atomic E-state index is 11.0. The molecule has 0 saturated carbocycles. The largest absolute Gasteiger partial charge is 0.466 e. The second-order valence-electron chi connectivity index (χ2n) is 3.66. The summed E-state index contributed by atoms with van der Waals surface area (Å²) in [5.74, 6) is -0.0565. The average Bonchev–Trinajstić information content (AvgIpc) is 2.22. The van der Waals surface area contributed by atoms with E-state index < -0.39 is 0 Å². The molecular weight excluding hydrogens is 188 g/mol. The first-order valence-corrected chi connectivity index (χ1v) is 6.11. The van der Waals surface area contributed by atoms with Gasteiger partial charge in [-0.25, -0.2) is 0 Å². The van der Waals surface area contributed by atoms with E-state index in [9.17, 15) is 4.79 Å². The minimum atomic E-state index is -0.0565. The van der Waals surface area contributed by atoms with Crippen molar-refractivity contribution < 1.29 is 9.53 Å². The second kappa shape index (κ2) is 11.3. The summed E-state index contributed by atoms with van der Waals surface area (Å²) in [6.07, 6.45) is 11.9. The molecule has 0 saturated heterocycles. The number of hydrogen-bond donors (Lipinski definition) is 0. The number of carbonyl (C=O) groups excluding carboxylic acids is 1. The van der Waals surface area contributed by atoms with Crippen LogP contribution in [-0.4, -0.2) is 12.6 Å². The van der Waals surface area contributed by atoms with E-state index in [1.54, 1.807) is 0 Å². The van der Waals surface area contributed by atoms with Crippen molar-refractivity contribution in [3.05, 3.63) is 12.2 Å². The minimum Gasteiger partial charge on any atom is -0.466 e. The third kappa shape index (κ3) is 11.1. The molecule has 0 radical (unpaired) electrons. The van der Waals surface area contributed by atoms with E-state index in [0.717, 1.165) is 19.3 Å². The van der Waals surface area contributed by atoms with Crippen LogP contribution in [0.4, 0.5) is 0 Å². The van der Waals surface area contributed by atoms with E-state index >= 15 is 0 Å². The fraction of sp³-hybridized carbons (Fsp3) is 0.769. The Kier molecular flexibility index (Phi) is 10.7. The molecule has 15 heavy (non-hydrogen) atoms. The fourth-order valence-electron chi connectivity index (χ4n) is 1.34. The van der Waals surface area contributed by atoms with Gasteiger partial charge in [0.05, 0.1) is 6.61 Å². The van der Waals surface area contributed by atoms with Crippen LogP contribution in [0, 0.1) is 0 Å². The number of rotatable bonds is 9. The Balaban J connectivity index is 3.14. The van der Waals surface area contributed by atoms with Crippen molar-refractivity contribution in [2.24, 2.45) is 0 Å². The number of esters is 1. The van der Waals surface area contributed by atoms with Crippen LogP contribution in [0.25, 0.3) is 0 Å². The van der Waals surface area contributed by atoms with Gasteiger partial charge in [0, 0.05) is 6.42 Å². The predicted octanol–water partition coefficient (Wildman–Crippen LogP) is 3.86. The van der Waals surface area contributed by atoms with Crippen LogP contribution < -0.4 is 0 Å². The summed E-state index contributed by atoms with van der Waals surface area (Å²) in [7, 11) is 0. The van der Waals surface area contributed by atoms with E-state index in [0.29, 0.717) is 13.0 Å². The zero-order chi connectivity index (χ0) is 11.4. The highest BCUT2D eigenvalue weighted by atomic mass is 16.5. The Hall–Kier alpha value is -0.790. The lowest BCUT2D eigenvalue weighted by atomic mass is 10.1. The topological polar surface area (TPSA) is 26.3 Å². The first-order valence-electron chi connectivity index (χ1n) is 6.11. The zero-order valence-electron chi connectivity index (χ0n) is 10.1. The lowest BCUT2D eigenvalue weighted by Gasteiger charge is -2.00. The quantitative estimate of drug-likeness (QED) is 0.329. The molecule has 0 aliphatic rings. The minimum absolute atomic E-state index is 0.0565. The molecule has 0 rings (SSSR count). The molecule has 0 atom stereocenters. The molecule has 0 unspecified atom stereocenters. The number of hydrogen-bond acceptors (Lipinski definition) is 2. The Labute approximate surface area is 93.7 Å². The first kappa shape index (κ1) is 14.2. The van der Waals surface area contributed by atoms with Gasteiger partial charge in [0.1, 0.15) is 0 Å².